The number of nitrogens with zero attached hydrogens (tertiary/aromatic N) is 2. The Hall–Kier alpha value is -3.32. The van der Waals surface area contributed by atoms with Crippen LogP contribution in [0.15, 0.2) is 64.1 Å². The van der Waals surface area contributed by atoms with Crippen molar-refractivity contribution in [3.8, 4) is 17.0 Å². The highest BCUT2D eigenvalue weighted by molar-refractivity contribution is 7.12. The van der Waals surface area contributed by atoms with E-state index < -0.39 is 11.7 Å². The van der Waals surface area contributed by atoms with E-state index >= 15 is 0 Å². The highest BCUT2D eigenvalue weighted by Crippen LogP contribution is 2.36. The first kappa shape index (κ1) is 17.1. The Bertz CT molecular complexity index is 1180. The van der Waals surface area contributed by atoms with Crippen molar-refractivity contribution in [3.05, 3.63) is 70.2 Å². The molecule has 0 aliphatic heterocycles. The Morgan fingerprint density at radius 2 is 1.93 bits per heavy atom. The number of amides is 1. The predicted octanol–water partition coefficient (Wildman–Crippen LogP) is 5.97. The smallest absolute Gasteiger partial charge is 0.306 e. The zero-order valence-electron chi connectivity index (χ0n) is 14.2. The molecule has 7 heteroatoms. The number of azo groups is 1. The van der Waals surface area contributed by atoms with Gasteiger partial charge in [0.25, 0.3) is 0 Å². The van der Waals surface area contributed by atoms with Gasteiger partial charge in [0.15, 0.2) is 5.69 Å². The number of rotatable bonds is 3. The van der Waals surface area contributed by atoms with Gasteiger partial charge in [-0.1, -0.05) is 29.8 Å². The summed E-state index contributed by atoms with van der Waals surface area (Å²) in [6, 6.07) is 13.7. The van der Waals surface area contributed by atoms with Crippen molar-refractivity contribution >= 4 is 33.8 Å². The Morgan fingerprint density at radius 3 is 2.70 bits per heavy atom. The molecule has 2 aromatic heterocycles. The fourth-order valence-electron chi connectivity index (χ4n) is 2.81. The lowest BCUT2D eigenvalue weighted by Crippen LogP contribution is -1.92. The lowest BCUT2D eigenvalue weighted by molar-refractivity contribution is 0.0999. The molecule has 0 fully saturated rings. The van der Waals surface area contributed by atoms with Gasteiger partial charge >= 0.3 is 5.91 Å². The standard InChI is InChI=1S/C20H14FN3O2S/c1-11-2-4-12(5-3-11)14-8-9-27-18(14)20(26)24-23-17-15-10-13(21)6-7-16(15)22-19(17)25/h2-10,22,25H,1H3. The van der Waals surface area contributed by atoms with Gasteiger partial charge in [0, 0.05) is 10.9 Å². The van der Waals surface area contributed by atoms with Crippen LogP contribution in [0.3, 0.4) is 0 Å². The number of carbonyl (C=O) groups excluding carboxylic acids is 1. The van der Waals surface area contributed by atoms with Gasteiger partial charge in [-0.25, -0.2) is 4.39 Å². The zero-order chi connectivity index (χ0) is 19.0. The Kier molecular flexibility index (Phi) is 4.29. The number of aromatic hydroxyl groups is 1. The Labute approximate surface area is 157 Å². The summed E-state index contributed by atoms with van der Waals surface area (Å²) in [4.78, 5) is 15.7. The lowest BCUT2D eigenvalue weighted by atomic mass is 10.1. The molecule has 0 aliphatic carbocycles. The maximum Gasteiger partial charge on any atom is 0.306 e. The van der Waals surface area contributed by atoms with Gasteiger partial charge in [-0.05, 0) is 42.1 Å². The maximum absolute atomic E-state index is 13.5. The molecule has 0 radical (unpaired) electrons. The number of aromatic nitrogens is 1. The van der Waals surface area contributed by atoms with Crippen molar-refractivity contribution in [1.29, 1.82) is 0 Å². The number of aromatic amines is 1. The van der Waals surface area contributed by atoms with E-state index in [-0.39, 0.29) is 11.6 Å². The molecule has 2 N–H and O–H groups in total. The molecule has 1 amide bonds. The van der Waals surface area contributed by atoms with Gasteiger partial charge in [0.05, 0.1) is 5.52 Å². The van der Waals surface area contributed by atoms with E-state index in [9.17, 15) is 14.3 Å². The molecule has 5 nitrogen and oxygen atoms in total. The molecule has 0 spiro atoms. The van der Waals surface area contributed by atoms with Gasteiger partial charge in [-0.2, -0.15) is 0 Å². The predicted molar refractivity (Wildman–Crippen MR) is 103 cm³/mol. The van der Waals surface area contributed by atoms with Crippen LogP contribution in [0.5, 0.6) is 5.88 Å². The number of fused-ring (bicyclic) bond motifs is 1. The molecule has 0 saturated carbocycles. The molecule has 0 aliphatic rings. The van der Waals surface area contributed by atoms with Gasteiger partial charge in [0.2, 0.25) is 5.88 Å². The van der Waals surface area contributed by atoms with Crippen molar-refractivity contribution in [2.24, 2.45) is 10.2 Å². The number of H-pyrrole nitrogens is 1. The second-order valence-electron chi connectivity index (χ2n) is 6.05. The Morgan fingerprint density at radius 1 is 1.15 bits per heavy atom. The summed E-state index contributed by atoms with van der Waals surface area (Å²) in [6.07, 6.45) is 0. The first-order valence-electron chi connectivity index (χ1n) is 8.14. The third kappa shape index (κ3) is 3.24. The van der Waals surface area contributed by atoms with E-state index in [0.717, 1.165) is 16.7 Å². The molecular formula is C20H14FN3O2S. The minimum Gasteiger partial charge on any atom is -0.493 e. The van der Waals surface area contributed by atoms with Crippen LogP contribution in [0.4, 0.5) is 10.1 Å². The number of benzene rings is 2. The molecule has 134 valence electrons. The second kappa shape index (κ2) is 6.77. The third-order valence-corrected chi connectivity index (χ3v) is 5.08. The fourth-order valence-corrected chi connectivity index (χ4v) is 3.61. The minimum absolute atomic E-state index is 0.0336. The first-order chi connectivity index (χ1) is 13.0. The molecular weight excluding hydrogens is 365 g/mol. The van der Waals surface area contributed by atoms with Crippen LogP contribution in [0.2, 0.25) is 0 Å². The number of aryl methyl sites for hydroxylation is 1. The quantitative estimate of drug-likeness (QED) is 0.430. The summed E-state index contributed by atoms with van der Waals surface area (Å²) in [5.41, 5.74) is 3.36. The first-order valence-corrected chi connectivity index (χ1v) is 9.01. The van der Waals surface area contributed by atoms with Crippen LogP contribution in [0.25, 0.3) is 22.0 Å². The molecule has 0 bridgehead atoms. The number of nitrogens with one attached hydrogen (secondary N) is 1. The average Bonchev–Trinajstić information content (AvgIpc) is 3.25. The summed E-state index contributed by atoms with van der Waals surface area (Å²) < 4.78 is 13.5. The molecule has 0 saturated heterocycles. The van der Waals surface area contributed by atoms with Crippen LogP contribution in [0, 0.1) is 12.7 Å². The summed E-state index contributed by atoms with van der Waals surface area (Å²) >= 11 is 1.27. The van der Waals surface area contributed by atoms with Crippen LogP contribution < -0.4 is 0 Å². The summed E-state index contributed by atoms with van der Waals surface area (Å²) in [5, 5.41) is 19.8. The molecule has 2 aromatic carbocycles. The van der Waals surface area contributed by atoms with Crippen molar-refractivity contribution in [1.82, 2.24) is 4.98 Å². The van der Waals surface area contributed by atoms with Gasteiger partial charge in [-0.3, -0.25) is 4.79 Å². The lowest BCUT2D eigenvalue weighted by Gasteiger charge is -2.01. The number of halogens is 1. The average molecular weight is 379 g/mol. The zero-order valence-corrected chi connectivity index (χ0v) is 15.0. The largest absolute Gasteiger partial charge is 0.493 e. The highest BCUT2D eigenvalue weighted by atomic mass is 32.1. The van der Waals surface area contributed by atoms with E-state index in [2.05, 4.69) is 15.2 Å². The molecule has 0 unspecified atom stereocenters. The van der Waals surface area contributed by atoms with Crippen molar-refractivity contribution in [2.75, 3.05) is 0 Å². The van der Waals surface area contributed by atoms with Crippen molar-refractivity contribution in [2.45, 2.75) is 6.92 Å². The minimum atomic E-state index is -0.522. The molecule has 4 aromatic rings. The second-order valence-corrected chi connectivity index (χ2v) is 6.96. The number of hydrogen-bond acceptors (Lipinski definition) is 4. The topological polar surface area (TPSA) is 77.8 Å². The van der Waals surface area contributed by atoms with Gasteiger partial charge in [-0.15, -0.1) is 21.6 Å². The van der Waals surface area contributed by atoms with E-state index in [1.54, 1.807) is 0 Å². The van der Waals surface area contributed by atoms with E-state index in [1.807, 2.05) is 42.6 Å². The third-order valence-electron chi connectivity index (χ3n) is 4.18. The molecule has 27 heavy (non-hydrogen) atoms. The monoisotopic (exact) mass is 379 g/mol. The molecule has 0 atom stereocenters. The summed E-state index contributed by atoms with van der Waals surface area (Å²) in [6.45, 7) is 1.99. The van der Waals surface area contributed by atoms with Gasteiger partial charge < -0.3 is 10.1 Å². The van der Waals surface area contributed by atoms with Crippen LogP contribution in [0.1, 0.15) is 15.2 Å². The number of carbonyl (C=O) groups is 1. The SMILES string of the molecule is Cc1ccc(-c2ccsc2C(=O)N=Nc2c(O)[nH]c3ccc(F)cc23)cc1. The molecule has 2 heterocycles. The van der Waals surface area contributed by atoms with Gasteiger partial charge in [0.1, 0.15) is 10.7 Å². The Balaban J connectivity index is 1.68. The van der Waals surface area contributed by atoms with Crippen molar-refractivity contribution in [3.63, 3.8) is 0 Å². The fraction of sp³-hybridized carbons (Fsp3) is 0.0500. The maximum atomic E-state index is 13.5. The normalized spacial score (nSPS) is 11.5. The van der Waals surface area contributed by atoms with E-state index in [4.69, 9.17) is 0 Å². The van der Waals surface area contributed by atoms with Crippen LogP contribution in [-0.4, -0.2) is 16.0 Å². The van der Waals surface area contributed by atoms with Crippen molar-refractivity contribution < 1.29 is 14.3 Å². The van der Waals surface area contributed by atoms with Crippen LogP contribution >= 0.6 is 11.3 Å². The number of hydrogen-bond donors (Lipinski definition) is 2. The van der Waals surface area contributed by atoms with Crippen LogP contribution in [-0.2, 0) is 0 Å². The molecule has 4 rings (SSSR count). The van der Waals surface area contributed by atoms with E-state index in [0.29, 0.717) is 15.8 Å². The summed E-state index contributed by atoms with van der Waals surface area (Å²) in [5.74, 6) is -1.26. The summed E-state index contributed by atoms with van der Waals surface area (Å²) in [7, 11) is 0. The highest BCUT2D eigenvalue weighted by Gasteiger charge is 2.16. The van der Waals surface area contributed by atoms with E-state index in [1.165, 1.54) is 29.5 Å². The number of thiophene rings is 1.